The van der Waals surface area contributed by atoms with Gasteiger partial charge < -0.3 is 10.2 Å². The summed E-state index contributed by atoms with van der Waals surface area (Å²) in [5, 5.41) is 8.38. The summed E-state index contributed by atoms with van der Waals surface area (Å²) in [5.41, 5.74) is 3.62. The zero-order chi connectivity index (χ0) is 23.0. The number of aromatic nitrogens is 2. The average Bonchev–Trinajstić information content (AvgIpc) is 3.23. The number of nitrogens with zero attached hydrogens (tertiary/aromatic N) is 4. The fraction of sp³-hybridized carbons (Fsp3) is 0.524. The SMILES string of the molecule is Cc1nn(C2CCS(=O)(=O)C2)c(C)c1N1CCN(CC(=O)Nc2ccc(Cl)c(Cl)c2)CC1. The molecule has 8 nitrogen and oxygen atoms in total. The summed E-state index contributed by atoms with van der Waals surface area (Å²) in [6.07, 6.45) is 0.617. The molecule has 0 saturated carbocycles. The van der Waals surface area contributed by atoms with E-state index >= 15 is 0 Å². The molecular formula is C21H27Cl2N5O3S. The van der Waals surface area contributed by atoms with Crippen molar-refractivity contribution in [3.05, 3.63) is 39.6 Å². The number of halogens is 2. The van der Waals surface area contributed by atoms with Crippen LogP contribution in [0.3, 0.4) is 0 Å². The molecule has 3 heterocycles. The van der Waals surface area contributed by atoms with E-state index in [2.05, 4.69) is 20.2 Å². The first kappa shape index (κ1) is 23.4. The van der Waals surface area contributed by atoms with Crippen molar-refractivity contribution in [3.8, 4) is 0 Å². The molecular weight excluding hydrogens is 473 g/mol. The summed E-state index contributed by atoms with van der Waals surface area (Å²) in [4.78, 5) is 16.8. The van der Waals surface area contributed by atoms with Crippen molar-refractivity contribution in [2.75, 3.05) is 54.4 Å². The number of benzene rings is 1. The second-order valence-corrected chi connectivity index (χ2v) is 11.5. The maximum Gasteiger partial charge on any atom is 0.238 e. The fourth-order valence-electron chi connectivity index (χ4n) is 4.54. The predicted octanol–water partition coefficient (Wildman–Crippen LogP) is 2.93. The van der Waals surface area contributed by atoms with Gasteiger partial charge in [-0.2, -0.15) is 5.10 Å². The van der Waals surface area contributed by atoms with Crippen LogP contribution in [-0.2, 0) is 14.6 Å². The number of hydrogen-bond donors (Lipinski definition) is 1. The van der Waals surface area contributed by atoms with Crippen molar-refractivity contribution in [1.82, 2.24) is 14.7 Å². The van der Waals surface area contributed by atoms with Crippen LogP contribution in [0.2, 0.25) is 10.0 Å². The lowest BCUT2D eigenvalue weighted by Crippen LogP contribution is -2.49. The van der Waals surface area contributed by atoms with Crippen molar-refractivity contribution in [3.63, 3.8) is 0 Å². The summed E-state index contributed by atoms with van der Waals surface area (Å²) in [7, 11) is -2.97. The Morgan fingerprint density at radius 2 is 1.88 bits per heavy atom. The van der Waals surface area contributed by atoms with Crippen LogP contribution in [0.4, 0.5) is 11.4 Å². The summed E-state index contributed by atoms with van der Waals surface area (Å²) in [6.45, 7) is 7.32. The molecule has 1 aromatic carbocycles. The van der Waals surface area contributed by atoms with Crippen LogP contribution < -0.4 is 10.2 Å². The molecule has 1 amide bonds. The monoisotopic (exact) mass is 499 g/mol. The maximum absolute atomic E-state index is 12.4. The number of rotatable bonds is 5. The van der Waals surface area contributed by atoms with Crippen LogP contribution in [0.25, 0.3) is 0 Å². The van der Waals surface area contributed by atoms with Gasteiger partial charge in [0, 0.05) is 31.9 Å². The van der Waals surface area contributed by atoms with Crippen molar-refractivity contribution in [2.45, 2.75) is 26.3 Å². The first-order chi connectivity index (χ1) is 15.1. The Labute approximate surface area is 198 Å². The van der Waals surface area contributed by atoms with E-state index in [9.17, 15) is 13.2 Å². The molecule has 1 unspecified atom stereocenters. The van der Waals surface area contributed by atoms with Gasteiger partial charge >= 0.3 is 0 Å². The molecule has 32 heavy (non-hydrogen) atoms. The van der Waals surface area contributed by atoms with E-state index in [4.69, 9.17) is 23.2 Å². The van der Waals surface area contributed by atoms with Crippen molar-refractivity contribution >= 4 is 50.3 Å². The second-order valence-electron chi connectivity index (χ2n) is 8.46. The van der Waals surface area contributed by atoms with Crippen molar-refractivity contribution in [2.24, 2.45) is 0 Å². The number of carbonyl (C=O) groups is 1. The van der Waals surface area contributed by atoms with Crippen LogP contribution in [0.15, 0.2) is 18.2 Å². The van der Waals surface area contributed by atoms with Gasteiger partial charge in [0.2, 0.25) is 5.91 Å². The third kappa shape index (κ3) is 5.06. The summed E-state index contributed by atoms with van der Waals surface area (Å²) in [6, 6.07) is 4.93. The highest BCUT2D eigenvalue weighted by Gasteiger charge is 2.32. The van der Waals surface area contributed by atoms with Gasteiger partial charge in [-0.3, -0.25) is 14.4 Å². The molecule has 0 aliphatic carbocycles. The molecule has 2 aliphatic heterocycles. The third-order valence-corrected chi connectivity index (χ3v) is 8.59. The summed E-state index contributed by atoms with van der Waals surface area (Å²) < 4.78 is 25.7. The average molecular weight is 500 g/mol. The molecule has 1 aromatic heterocycles. The first-order valence-electron chi connectivity index (χ1n) is 10.6. The Hall–Kier alpha value is -1.81. The molecule has 0 spiro atoms. The van der Waals surface area contributed by atoms with Gasteiger partial charge in [-0.05, 0) is 38.5 Å². The Morgan fingerprint density at radius 1 is 1.16 bits per heavy atom. The van der Waals surface area contributed by atoms with Crippen LogP contribution >= 0.6 is 23.2 Å². The summed E-state index contributed by atoms with van der Waals surface area (Å²) in [5.74, 6) is 0.296. The lowest BCUT2D eigenvalue weighted by molar-refractivity contribution is -0.117. The minimum atomic E-state index is -2.97. The van der Waals surface area contributed by atoms with Crippen molar-refractivity contribution < 1.29 is 13.2 Å². The highest BCUT2D eigenvalue weighted by molar-refractivity contribution is 7.91. The van der Waals surface area contributed by atoms with E-state index in [-0.39, 0.29) is 23.5 Å². The van der Waals surface area contributed by atoms with E-state index in [1.165, 1.54) is 0 Å². The standard InChI is InChI=1S/C21H27Cl2N5O3S/c1-14-21(15(2)28(25-14)17-5-10-32(30,31)13-17)27-8-6-26(7-9-27)12-20(29)24-16-3-4-18(22)19(23)11-16/h3-4,11,17H,5-10,12-13H2,1-2H3,(H,24,29). The van der Waals surface area contributed by atoms with Gasteiger partial charge in [0.1, 0.15) is 0 Å². The molecule has 174 valence electrons. The molecule has 0 radical (unpaired) electrons. The van der Waals surface area contributed by atoms with Crippen molar-refractivity contribution in [1.29, 1.82) is 0 Å². The van der Waals surface area contributed by atoms with Crippen LogP contribution in [0.5, 0.6) is 0 Å². The predicted molar refractivity (Wildman–Crippen MR) is 128 cm³/mol. The molecule has 2 saturated heterocycles. The quantitative estimate of drug-likeness (QED) is 0.680. The van der Waals surface area contributed by atoms with Crippen LogP contribution in [0.1, 0.15) is 23.9 Å². The number of sulfone groups is 1. The minimum absolute atomic E-state index is 0.0844. The normalized spacial score (nSPS) is 21.1. The second kappa shape index (κ2) is 9.21. The smallest absolute Gasteiger partial charge is 0.238 e. The lowest BCUT2D eigenvalue weighted by Gasteiger charge is -2.36. The number of anilines is 2. The fourth-order valence-corrected chi connectivity index (χ4v) is 6.53. The Kier molecular flexibility index (Phi) is 6.72. The first-order valence-corrected chi connectivity index (χ1v) is 13.2. The Morgan fingerprint density at radius 3 is 2.50 bits per heavy atom. The highest BCUT2D eigenvalue weighted by atomic mass is 35.5. The van der Waals surface area contributed by atoms with Crippen LogP contribution in [0, 0.1) is 13.8 Å². The van der Waals surface area contributed by atoms with Gasteiger partial charge in [0.05, 0.1) is 51.2 Å². The number of aryl methyl sites for hydroxylation is 1. The topological polar surface area (TPSA) is 87.5 Å². The molecule has 2 aromatic rings. The third-order valence-electron chi connectivity index (χ3n) is 6.10. The van der Waals surface area contributed by atoms with Gasteiger partial charge in [-0.1, -0.05) is 23.2 Å². The highest BCUT2D eigenvalue weighted by Crippen LogP contribution is 2.31. The maximum atomic E-state index is 12.4. The zero-order valence-electron chi connectivity index (χ0n) is 18.1. The molecule has 1 N–H and O–H groups in total. The molecule has 2 fully saturated rings. The van der Waals surface area contributed by atoms with Gasteiger partial charge in [0.25, 0.3) is 0 Å². The van der Waals surface area contributed by atoms with E-state index in [0.29, 0.717) is 28.7 Å². The molecule has 2 aliphatic rings. The lowest BCUT2D eigenvalue weighted by atomic mass is 10.2. The number of piperazine rings is 1. The van der Waals surface area contributed by atoms with Crippen LogP contribution in [-0.4, -0.2) is 73.2 Å². The number of hydrogen-bond acceptors (Lipinski definition) is 6. The van der Waals surface area contributed by atoms with E-state index in [0.717, 1.165) is 43.3 Å². The number of carbonyl (C=O) groups excluding carboxylic acids is 1. The van der Waals surface area contributed by atoms with Gasteiger partial charge in [-0.25, -0.2) is 8.42 Å². The van der Waals surface area contributed by atoms with Gasteiger partial charge in [0.15, 0.2) is 9.84 Å². The molecule has 4 rings (SSSR count). The largest absolute Gasteiger partial charge is 0.366 e. The number of nitrogens with one attached hydrogen (secondary N) is 1. The van der Waals surface area contributed by atoms with E-state index in [1.54, 1.807) is 18.2 Å². The number of amides is 1. The Balaban J connectivity index is 1.34. The van der Waals surface area contributed by atoms with Gasteiger partial charge in [-0.15, -0.1) is 0 Å². The molecule has 1 atom stereocenters. The molecule has 0 bridgehead atoms. The Bertz CT molecular complexity index is 1130. The summed E-state index contributed by atoms with van der Waals surface area (Å²) >= 11 is 11.9. The minimum Gasteiger partial charge on any atom is -0.366 e. The zero-order valence-corrected chi connectivity index (χ0v) is 20.5. The van der Waals surface area contributed by atoms with E-state index in [1.807, 2.05) is 18.5 Å². The molecule has 11 heteroatoms. The van der Waals surface area contributed by atoms with E-state index < -0.39 is 9.84 Å².